The monoisotopic (exact) mass is 413 g/mol. The van der Waals surface area contributed by atoms with Gasteiger partial charge in [0.05, 0.1) is 19.1 Å². The van der Waals surface area contributed by atoms with E-state index in [9.17, 15) is 19.7 Å². The van der Waals surface area contributed by atoms with Gasteiger partial charge in [-0.25, -0.2) is 0 Å². The first kappa shape index (κ1) is 21.1. The smallest absolute Gasteiger partial charge is 0.269 e. The van der Waals surface area contributed by atoms with Crippen LogP contribution in [0, 0.1) is 16.0 Å². The highest BCUT2D eigenvalue weighted by Gasteiger charge is 2.28. The number of piperidine rings is 1. The zero-order chi connectivity index (χ0) is 21.7. The van der Waals surface area contributed by atoms with Gasteiger partial charge in [0.1, 0.15) is 0 Å². The Kier molecular flexibility index (Phi) is 6.51. The highest BCUT2D eigenvalue weighted by Crippen LogP contribution is 2.30. The molecule has 0 atom stereocenters. The van der Waals surface area contributed by atoms with Crippen LogP contribution in [0.25, 0.3) is 0 Å². The van der Waals surface area contributed by atoms with Gasteiger partial charge in [0, 0.05) is 48.5 Å². The zero-order valence-corrected chi connectivity index (χ0v) is 16.8. The van der Waals surface area contributed by atoms with E-state index in [4.69, 9.17) is 9.47 Å². The normalized spacial score (nSPS) is 14.1. The van der Waals surface area contributed by atoms with E-state index in [2.05, 4.69) is 5.32 Å². The molecular weight excluding hydrogens is 390 g/mol. The fourth-order valence-electron chi connectivity index (χ4n) is 3.41. The summed E-state index contributed by atoms with van der Waals surface area (Å²) in [7, 11) is 3.07. The van der Waals surface area contributed by atoms with Gasteiger partial charge in [0.2, 0.25) is 5.91 Å². The van der Waals surface area contributed by atoms with Crippen LogP contribution < -0.4 is 14.8 Å². The van der Waals surface area contributed by atoms with Crippen LogP contribution in [0.1, 0.15) is 23.2 Å². The number of carbonyl (C=O) groups is 2. The number of amides is 2. The number of benzene rings is 2. The summed E-state index contributed by atoms with van der Waals surface area (Å²) in [5, 5.41) is 13.6. The molecule has 3 rings (SSSR count). The lowest BCUT2D eigenvalue weighted by atomic mass is 9.95. The van der Waals surface area contributed by atoms with Crippen molar-refractivity contribution in [2.45, 2.75) is 12.8 Å². The van der Waals surface area contributed by atoms with Crippen molar-refractivity contribution < 1.29 is 24.0 Å². The summed E-state index contributed by atoms with van der Waals surface area (Å²) in [6.45, 7) is 0.889. The Labute approximate surface area is 173 Å². The molecule has 2 amide bonds. The average Bonchev–Trinajstić information content (AvgIpc) is 2.78. The highest BCUT2D eigenvalue weighted by molar-refractivity contribution is 5.95. The van der Waals surface area contributed by atoms with Crippen molar-refractivity contribution in [3.05, 3.63) is 58.1 Å². The van der Waals surface area contributed by atoms with E-state index >= 15 is 0 Å². The number of carbonyl (C=O) groups excluding carboxylic acids is 2. The SMILES string of the molecule is COc1ccc(NC(=O)C2CCN(C(=O)c3ccc([N+](=O)[O-])cc3)CC2)cc1OC. The largest absolute Gasteiger partial charge is 0.493 e. The summed E-state index contributed by atoms with van der Waals surface area (Å²) in [6, 6.07) is 10.7. The Morgan fingerprint density at radius 1 is 1.03 bits per heavy atom. The maximum absolute atomic E-state index is 12.6. The Bertz CT molecular complexity index is 936. The molecule has 1 aliphatic heterocycles. The van der Waals surface area contributed by atoms with Crippen LogP contribution in [0.3, 0.4) is 0 Å². The topological polar surface area (TPSA) is 111 Å². The highest BCUT2D eigenvalue weighted by atomic mass is 16.6. The van der Waals surface area contributed by atoms with Crippen LogP contribution in [0.5, 0.6) is 11.5 Å². The van der Waals surface area contributed by atoms with Gasteiger partial charge in [-0.3, -0.25) is 19.7 Å². The third-order valence-electron chi connectivity index (χ3n) is 5.13. The van der Waals surface area contributed by atoms with Crippen molar-refractivity contribution in [2.75, 3.05) is 32.6 Å². The molecule has 0 radical (unpaired) electrons. The van der Waals surface area contributed by atoms with Gasteiger partial charge in [-0.2, -0.15) is 0 Å². The molecule has 0 aromatic heterocycles. The van der Waals surface area contributed by atoms with Gasteiger partial charge in [0.15, 0.2) is 11.5 Å². The molecule has 1 aliphatic rings. The molecule has 0 aliphatic carbocycles. The summed E-state index contributed by atoms with van der Waals surface area (Å²) in [4.78, 5) is 37.1. The average molecular weight is 413 g/mol. The minimum Gasteiger partial charge on any atom is -0.493 e. The Morgan fingerprint density at radius 2 is 1.67 bits per heavy atom. The van der Waals surface area contributed by atoms with Crippen molar-refractivity contribution in [3.8, 4) is 11.5 Å². The number of methoxy groups -OCH3 is 2. The van der Waals surface area contributed by atoms with Crippen molar-refractivity contribution in [2.24, 2.45) is 5.92 Å². The number of likely N-dealkylation sites (tertiary alicyclic amines) is 1. The maximum atomic E-state index is 12.6. The maximum Gasteiger partial charge on any atom is 0.269 e. The number of rotatable bonds is 6. The number of nitro benzene ring substituents is 1. The second-order valence-electron chi connectivity index (χ2n) is 6.93. The molecule has 0 unspecified atom stereocenters. The van der Waals surface area contributed by atoms with Crippen molar-refractivity contribution in [1.82, 2.24) is 4.90 Å². The van der Waals surface area contributed by atoms with Crippen LogP contribution in [-0.2, 0) is 4.79 Å². The van der Waals surface area contributed by atoms with E-state index in [-0.39, 0.29) is 23.4 Å². The first-order valence-electron chi connectivity index (χ1n) is 9.49. The van der Waals surface area contributed by atoms with E-state index in [0.29, 0.717) is 48.7 Å². The van der Waals surface area contributed by atoms with Crippen molar-refractivity contribution >= 4 is 23.2 Å². The predicted molar refractivity (Wildman–Crippen MR) is 110 cm³/mol. The molecule has 158 valence electrons. The number of ether oxygens (including phenoxy) is 2. The van der Waals surface area contributed by atoms with Gasteiger partial charge in [-0.1, -0.05) is 0 Å². The lowest BCUT2D eigenvalue weighted by molar-refractivity contribution is -0.384. The third kappa shape index (κ3) is 4.68. The Morgan fingerprint density at radius 3 is 2.23 bits per heavy atom. The summed E-state index contributed by atoms with van der Waals surface area (Å²) >= 11 is 0. The molecule has 1 N–H and O–H groups in total. The van der Waals surface area contributed by atoms with Crippen LogP contribution in [0.4, 0.5) is 11.4 Å². The summed E-state index contributed by atoms with van der Waals surface area (Å²) in [6.07, 6.45) is 1.08. The van der Waals surface area contributed by atoms with Gasteiger partial charge < -0.3 is 19.7 Å². The molecule has 0 spiro atoms. The zero-order valence-electron chi connectivity index (χ0n) is 16.8. The lowest BCUT2D eigenvalue weighted by Gasteiger charge is -2.31. The van der Waals surface area contributed by atoms with Crippen molar-refractivity contribution in [1.29, 1.82) is 0 Å². The standard InChI is InChI=1S/C21H23N3O6/c1-29-18-8-5-16(13-19(18)30-2)22-20(25)14-9-11-23(12-10-14)21(26)15-3-6-17(7-4-15)24(27)28/h3-8,13-14H,9-12H2,1-2H3,(H,22,25). The molecule has 0 bridgehead atoms. The van der Waals surface area contributed by atoms with Crippen LogP contribution in [0.2, 0.25) is 0 Å². The number of nitro groups is 1. The molecule has 30 heavy (non-hydrogen) atoms. The summed E-state index contributed by atoms with van der Waals surface area (Å²) in [5.41, 5.74) is 0.952. The molecule has 0 saturated carbocycles. The number of hydrogen-bond donors (Lipinski definition) is 1. The second-order valence-corrected chi connectivity index (χ2v) is 6.93. The lowest BCUT2D eigenvalue weighted by Crippen LogP contribution is -2.41. The van der Waals surface area contributed by atoms with Gasteiger partial charge in [-0.15, -0.1) is 0 Å². The molecule has 1 heterocycles. The van der Waals surface area contributed by atoms with Crippen LogP contribution in [0.15, 0.2) is 42.5 Å². The summed E-state index contributed by atoms with van der Waals surface area (Å²) in [5.74, 6) is 0.597. The molecular formula is C21H23N3O6. The molecule has 1 saturated heterocycles. The first-order chi connectivity index (χ1) is 14.4. The molecule has 9 heteroatoms. The second kappa shape index (κ2) is 9.25. The van der Waals surface area contributed by atoms with E-state index in [1.807, 2.05) is 0 Å². The third-order valence-corrected chi connectivity index (χ3v) is 5.13. The Balaban J connectivity index is 1.56. The van der Waals surface area contributed by atoms with E-state index in [0.717, 1.165) is 0 Å². The number of anilines is 1. The number of non-ortho nitro benzene ring substituents is 1. The minimum atomic E-state index is -0.503. The Hall–Kier alpha value is -3.62. The van der Waals surface area contributed by atoms with E-state index in [1.54, 1.807) is 30.2 Å². The first-order valence-corrected chi connectivity index (χ1v) is 9.49. The van der Waals surface area contributed by atoms with Gasteiger partial charge in [-0.05, 0) is 37.1 Å². The molecule has 2 aromatic carbocycles. The van der Waals surface area contributed by atoms with Gasteiger partial charge >= 0.3 is 0 Å². The number of nitrogens with zero attached hydrogens (tertiary/aromatic N) is 2. The molecule has 2 aromatic rings. The van der Waals surface area contributed by atoms with Crippen molar-refractivity contribution in [3.63, 3.8) is 0 Å². The van der Waals surface area contributed by atoms with Crippen LogP contribution in [-0.4, -0.2) is 48.9 Å². The predicted octanol–water partition coefficient (Wildman–Crippen LogP) is 3.10. The fourth-order valence-corrected chi connectivity index (χ4v) is 3.41. The van der Waals surface area contributed by atoms with Crippen LogP contribution >= 0.6 is 0 Å². The number of nitrogens with one attached hydrogen (secondary N) is 1. The number of hydrogen-bond acceptors (Lipinski definition) is 6. The van der Waals surface area contributed by atoms with E-state index < -0.39 is 4.92 Å². The molecule has 9 nitrogen and oxygen atoms in total. The minimum absolute atomic E-state index is 0.0582. The quantitative estimate of drug-likeness (QED) is 0.575. The fraction of sp³-hybridized carbons (Fsp3) is 0.333. The van der Waals surface area contributed by atoms with Gasteiger partial charge in [0.25, 0.3) is 11.6 Å². The summed E-state index contributed by atoms with van der Waals surface area (Å²) < 4.78 is 10.4. The van der Waals surface area contributed by atoms with E-state index in [1.165, 1.54) is 31.4 Å². The molecule has 1 fully saturated rings.